The zero-order valence-corrected chi connectivity index (χ0v) is 16.0. The Labute approximate surface area is 154 Å². The second kappa shape index (κ2) is 9.86. The zero-order valence-electron chi connectivity index (χ0n) is 15.2. The Balaban J connectivity index is 1.89. The molecule has 0 N–H and O–H groups in total. The molecule has 9 heteroatoms. The lowest BCUT2D eigenvalue weighted by Gasteiger charge is -2.33. The molecule has 0 aromatic heterocycles. The van der Waals surface area contributed by atoms with E-state index in [0.29, 0.717) is 58.1 Å². The first-order valence-electron chi connectivity index (χ1n) is 8.48. The molecular weight excluding hydrogens is 360 g/mol. The van der Waals surface area contributed by atoms with Gasteiger partial charge in [0.15, 0.2) is 0 Å². The van der Waals surface area contributed by atoms with Gasteiger partial charge in [-0.3, -0.25) is 4.79 Å². The van der Waals surface area contributed by atoms with Crippen LogP contribution in [0.15, 0.2) is 29.2 Å². The van der Waals surface area contributed by atoms with E-state index >= 15 is 0 Å². The smallest absolute Gasteiger partial charge is 0.306 e. The Kier molecular flexibility index (Phi) is 7.83. The number of hydrogen-bond donors (Lipinski definition) is 0. The summed E-state index contributed by atoms with van der Waals surface area (Å²) in [5.41, 5.74) is 0. The van der Waals surface area contributed by atoms with Crippen molar-refractivity contribution in [2.45, 2.75) is 11.3 Å². The lowest BCUT2D eigenvalue weighted by Crippen LogP contribution is -2.48. The van der Waals surface area contributed by atoms with E-state index in [1.54, 1.807) is 31.4 Å². The average Bonchev–Trinajstić information content (AvgIpc) is 2.67. The number of sulfonamides is 1. The van der Waals surface area contributed by atoms with Crippen molar-refractivity contribution < 1.29 is 27.4 Å². The fraction of sp³-hybridized carbons (Fsp3) is 0.588. The van der Waals surface area contributed by atoms with Gasteiger partial charge in [-0.25, -0.2) is 8.42 Å². The number of hydrogen-bond acceptors (Lipinski definition) is 7. The van der Waals surface area contributed by atoms with Crippen molar-refractivity contribution in [2.24, 2.45) is 0 Å². The lowest BCUT2D eigenvalue weighted by molar-refractivity contribution is -0.141. The number of methoxy groups -OCH3 is 2. The number of esters is 1. The second-order valence-corrected chi connectivity index (χ2v) is 7.82. The molecule has 1 heterocycles. The van der Waals surface area contributed by atoms with Gasteiger partial charge in [0.25, 0.3) is 0 Å². The molecule has 0 saturated carbocycles. The molecule has 0 radical (unpaired) electrons. The minimum Gasteiger partial charge on any atom is -0.491 e. The Bertz CT molecular complexity index is 669. The molecule has 8 nitrogen and oxygen atoms in total. The first kappa shape index (κ1) is 20.6. The minimum absolute atomic E-state index is 0.250. The lowest BCUT2D eigenvalue weighted by atomic mass is 10.3. The van der Waals surface area contributed by atoms with Crippen LogP contribution in [0.1, 0.15) is 6.42 Å². The van der Waals surface area contributed by atoms with E-state index in [1.165, 1.54) is 11.4 Å². The summed E-state index contributed by atoms with van der Waals surface area (Å²) in [6, 6.07) is 6.41. The summed E-state index contributed by atoms with van der Waals surface area (Å²) in [6.45, 7) is 3.44. The number of ether oxygens (including phenoxy) is 3. The number of rotatable bonds is 9. The summed E-state index contributed by atoms with van der Waals surface area (Å²) >= 11 is 0. The van der Waals surface area contributed by atoms with Crippen molar-refractivity contribution in [3.8, 4) is 5.75 Å². The van der Waals surface area contributed by atoms with Crippen LogP contribution >= 0.6 is 0 Å². The van der Waals surface area contributed by atoms with E-state index in [9.17, 15) is 13.2 Å². The summed E-state index contributed by atoms with van der Waals surface area (Å²) in [7, 11) is -0.575. The third-order valence-corrected chi connectivity index (χ3v) is 6.12. The first-order valence-corrected chi connectivity index (χ1v) is 9.92. The minimum atomic E-state index is -3.53. The SMILES string of the molecule is COCCOc1ccc(S(=O)(=O)N2CCN(CCC(=O)OC)CC2)cc1. The van der Waals surface area contributed by atoms with Gasteiger partial charge < -0.3 is 19.1 Å². The van der Waals surface area contributed by atoms with Gasteiger partial charge in [-0.05, 0) is 24.3 Å². The van der Waals surface area contributed by atoms with Crippen LogP contribution in [0.25, 0.3) is 0 Å². The van der Waals surface area contributed by atoms with E-state index in [2.05, 4.69) is 9.64 Å². The van der Waals surface area contributed by atoms with Gasteiger partial charge in [-0.1, -0.05) is 0 Å². The maximum absolute atomic E-state index is 12.8. The summed E-state index contributed by atoms with van der Waals surface area (Å²) in [5.74, 6) is 0.349. The molecule has 26 heavy (non-hydrogen) atoms. The van der Waals surface area contributed by atoms with Crippen molar-refractivity contribution in [2.75, 3.05) is 60.2 Å². The highest BCUT2D eigenvalue weighted by atomic mass is 32.2. The van der Waals surface area contributed by atoms with Crippen molar-refractivity contribution in [3.05, 3.63) is 24.3 Å². The van der Waals surface area contributed by atoms with Crippen LogP contribution in [-0.2, 0) is 24.3 Å². The van der Waals surface area contributed by atoms with Crippen molar-refractivity contribution in [1.29, 1.82) is 0 Å². The van der Waals surface area contributed by atoms with Crippen LogP contribution in [0.5, 0.6) is 5.75 Å². The maximum atomic E-state index is 12.8. The molecule has 0 spiro atoms. The first-order chi connectivity index (χ1) is 12.5. The molecule has 2 rings (SSSR count). The van der Waals surface area contributed by atoms with Crippen LogP contribution in [0.2, 0.25) is 0 Å². The highest BCUT2D eigenvalue weighted by molar-refractivity contribution is 7.89. The second-order valence-electron chi connectivity index (χ2n) is 5.88. The van der Waals surface area contributed by atoms with Gasteiger partial charge in [-0.15, -0.1) is 0 Å². The fourth-order valence-corrected chi connectivity index (χ4v) is 4.07. The Morgan fingerprint density at radius 3 is 2.27 bits per heavy atom. The van der Waals surface area contributed by atoms with Gasteiger partial charge in [-0.2, -0.15) is 4.31 Å². The van der Waals surface area contributed by atoms with Crippen LogP contribution in [0.3, 0.4) is 0 Å². The molecular formula is C17H26N2O6S. The highest BCUT2D eigenvalue weighted by Gasteiger charge is 2.28. The van der Waals surface area contributed by atoms with Gasteiger partial charge in [0.05, 0.1) is 25.0 Å². The monoisotopic (exact) mass is 386 g/mol. The summed E-state index contributed by atoms with van der Waals surface area (Å²) < 4.78 is 42.0. The Hall–Kier alpha value is -1.68. The molecule has 1 aromatic rings. The van der Waals surface area contributed by atoms with E-state index in [1.807, 2.05) is 0 Å². The number of nitrogens with zero attached hydrogens (tertiary/aromatic N) is 2. The predicted octanol–water partition coefficient (Wildman–Crippen LogP) is 0.581. The largest absolute Gasteiger partial charge is 0.491 e. The van der Waals surface area contributed by atoms with E-state index in [-0.39, 0.29) is 10.9 Å². The van der Waals surface area contributed by atoms with Crippen LogP contribution in [0, 0.1) is 0 Å². The molecule has 0 unspecified atom stereocenters. The third kappa shape index (κ3) is 5.66. The van der Waals surface area contributed by atoms with Gasteiger partial charge in [0.2, 0.25) is 10.0 Å². The molecule has 0 bridgehead atoms. The van der Waals surface area contributed by atoms with Gasteiger partial charge >= 0.3 is 5.97 Å². The average molecular weight is 386 g/mol. The standard InChI is InChI=1S/C17H26N2O6S/c1-23-13-14-25-15-3-5-16(6-4-15)26(21,22)19-11-9-18(10-12-19)8-7-17(20)24-2/h3-6H,7-14H2,1-2H3. The zero-order chi connectivity index (χ0) is 19.0. The molecule has 1 aromatic carbocycles. The molecule has 0 atom stereocenters. The fourth-order valence-electron chi connectivity index (χ4n) is 2.64. The quantitative estimate of drug-likeness (QED) is 0.453. The number of carbonyl (C=O) groups is 1. The summed E-state index contributed by atoms with van der Waals surface area (Å²) in [6.07, 6.45) is 0.313. The molecule has 1 aliphatic rings. The normalized spacial score (nSPS) is 16.4. The molecule has 146 valence electrons. The van der Waals surface area contributed by atoms with Crippen molar-refractivity contribution in [1.82, 2.24) is 9.21 Å². The van der Waals surface area contributed by atoms with E-state index < -0.39 is 10.0 Å². The molecule has 0 amide bonds. The van der Waals surface area contributed by atoms with Crippen molar-refractivity contribution in [3.63, 3.8) is 0 Å². The summed E-state index contributed by atoms with van der Waals surface area (Å²) in [4.78, 5) is 13.5. The number of benzene rings is 1. The molecule has 0 aliphatic carbocycles. The number of carbonyl (C=O) groups excluding carboxylic acids is 1. The van der Waals surface area contributed by atoms with E-state index in [4.69, 9.17) is 9.47 Å². The topological polar surface area (TPSA) is 85.4 Å². The highest BCUT2D eigenvalue weighted by Crippen LogP contribution is 2.21. The third-order valence-electron chi connectivity index (χ3n) is 4.21. The van der Waals surface area contributed by atoms with Gasteiger partial charge in [0, 0.05) is 39.8 Å². The van der Waals surface area contributed by atoms with Crippen LogP contribution < -0.4 is 4.74 Å². The summed E-state index contributed by atoms with van der Waals surface area (Å²) in [5, 5.41) is 0. The number of piperazine rings is 1. The van der Waals surface area contributed by atoms with E-state index in [0.717, 1.165) is 0 Å². The Morgan fingerprint density at radius 1 is 1.04 bits per heavy atom. The van der Waals surface area contributed by atoms with Crippen LogP contribution in [-0.4, -0.2) is 83.7 Å². The van der Waals surface area contributed by atoms with Crippen LogP contribution in [0.4, 0.5) is 0 Å². The van der Waals surface area contributed by atoms with Gasteiger partial charge in [0.1, 0.15) is 12.4 Å². The Morgan fingerprint density at radius 2 is 1.69 bits per heavy atom. The molecule has 1 aliphatic heterocycles. The van der Waals surface area contributed by atoms with Crippen molar-refractivity contribution >= 4 is 16.0 Å². The predicted molar refractivity (Wildman–Crippen MR) is 95.6 cm³/mol. The maximum Gasteiger partial charge on any atom is 0.306 e. The molecule has 1 saturated heterocycles. The molecule has 1 fully saturated rings.